The van der Waals surface area contributed by atoms with E-state index in [1.54, 1.807) is 0 Å². The lowest BCUT2D eigenvalue weighted by Gasteiger charge is -2.28. The predicted octanol–water partition coefficient (Wildman–Crippen LogP) is 4.48. The van der Waals surface area contributed by atoms with Crippen LogP contribution in [0.15, 0.2) is 24.3 Å². The van der Waals surface area contributed by atoms with Gasteiger partial charge in [0.05, 0.1) is 13.6 Å². The quantitative estimate of drug-likeness (QED) is 0.770. The average molecular weight is 317 g/mol. The van der Waals surface area contributed by atoms with Gasteiger partial charge in [-0.2, -0.15) is 13.2 Å². The van der Waals surface area contributed by atoms with Gasteiger partial charge >= 0.3 is 6.18 Å². The molecule has 21 heavy (non-hydrogen) atoms. The summed E-state index contributed by atoms with van der Waals surface area (Å²) < 4.78 is 37.4. The molecule has 0 spiro atoms. The third kappa shape index (κ3) is 4.59. The molecule has 1 rings (SSSR count). The minimum Gasteiger partial charge on any atom is -0.355 e. The van der Waals surface area contributed by atoms with Crippen molar-refractivity contribution in [2.24, 2.45) is 0 Å². The maximum atomic E-state index is 12.5. The number of amides is 1. The molecule has 6 heteroatoms. The van der Waals surface area contributed by atoms with Gasteiger partial charge in [0.25, 0.3) is 5.91 Å². The van der Waals surface area contributed by atoms with E-state index in [1.807, 2.05) is 0 Å². The van der Waals surface area contributed by atoms with E-state index in [9.17, 15) is 18.0 Å². The zero-order chi connectivity index (χ0) is 16.1. The van der Waals surface area contributed by atoms with Crippen LogP contribution in [0.4, 0.5) is 13.2 Å². The van der Waals surface area contributed by atoms with E-state index < -0.39 is 19.8 Å². The molecule has 0 unspecified atom stereocenters. The summed E-state index contributed by atoms with van der Waals surface area (Å²) in [7, 11) is -1.47. The molecule has 0 radical (unpaired) electrons. The van der Waals surface area contributed by atoms with Crippen LogP contribution in [0.1, 0.15) is 36.7 Å². The number of benzene rings is 1. The second kappa shape index (κ2) is 7.11. The van der Waals surface area contributed by atoms with Gasteiger partial charge in [0.2, 0.25) is 0 Å². The highest BCUT2D eigenvalue weighted by Gasteiger charge is 2.30. The molecule has 0 bridgehead atoms. The fraction of sp³-hybridized carbons (Fsp3) is 0.533. The Labute approximate surface area is 124 Å². The smallest absolute Gasteiger partial charge is 0.355 e. The summed E-state index contributed by atoms with van der Waals surface area (Å²) in [5, 5.41) is 2.89. The van der Waals surface area contributed by atoms with Crippen LogP contribution in [0, 0.1) is 0 Å². The van der Waals surface area contributed by atoms with Gasteiger partial charge in [-0.3, -0.25) is 4.79 Å². The third-order valence-electron chi connectivity index (χ3n) is 4.35. The number of carbonyl (C=O) groups is 1. The molecule has 0 aliphatic carbocycles. The minimum atomic E-state index is -4.37. The molecule has 0 aliphatic rings. The van der Waals surface area contributed by atoms with Gasteiger partial charge in [-0.15, -0.1) is 0 Å². The molecule has 2 nitrogen and oxygen atoms in total. The minimum absolute atomic E-state index is 0.272. The van der Waals surface area contributed by atoms with E-state index in [2.05, 4.69) is 26.1 Å². The Kier molecular flexibility index (Phi) is 6.01. The molecule has 1 amide bonds. The van der Waals surface area contributed by atoms with E-state index in [0.717, 1.165) is 30.3 Å². The third-order valence-corrected chi connectivity index (χ3v) is 9.78. The maximum absolute atomic E-state index is 12.5. The molecule has 0 heterocycles. The lowest BCUT2D eigenvalue weighted by atomic mass is 10.1. The Morgan fingerprint density at radius 2 is 1.52 bits per heavy atom. The summed E-state index contributed by atoms with van der Waals surface area (Å²) in [5.41, 5.74) is -0.465. The molecule has 1 aromatic carbocycles. The van der Waals surface area contributed by atoms with Crippen LogP contribution in [0.2, 0.25) is 18.1 Å². The van der Waals surface area contributed by atoms with Gasteiger partial charge in [0, 0.05) is 11.7 Å². The van der Waals surface area contributed by atoms with Crippen LogP contribution < -0.4 is 5.32 Å². The van der Waals surface area contributed by atoms with Gasteiger partial charge in [0.15, 0.2) is 0 Å². The SMILES string of the molecule is CC[Si](CC)(CC)CNC(=O)c1ccc(C(F)(F)F)cc1. The predicted molar refractivity (Wildman–Crippen MR) is 81.0 cm³/mol. The van der Waals surface area contributed by atoms with Crippen LogP contribution in [-0.2, 0) is 6.18 Å². The number of rotatable bonds is 6. The highest BCUT2D eigenvalue weighted by atomic mass is 28.3. The van der Waals surface area contributed by atoms with Crippen molar-refractivity contribution in [3.63, 3.8) is 0 Å². The summed E-state index contributed by atoms with van der Waals surface area (Å²) in [6.45, 7) is 6.43. The van der Waals surface area contributed by atoms with Crippen LogP contribution in [0.25, 0.3) is 0 Å². The second-order valence-electron chi connectivity index (χ2n) is 5.32. The van der Waals surface area contributed by atoms with Crippen molar-refractivity contribution < 1.29 is 18.0 Å². The molecule has 1 aromatic rings. The Bertz CT molecular complexity index is 459. The van der Waals surface area contributed by atoms with Crippen LogP contribution in [0.3, 0.4) is 0 Å². The molecule has 0 fully saturated rings. The van der Waals surface area contributed by atoms with E-state index in [4.69, 9.17) is 0 Å². The number of alkyl halides is 3. The van der Waals surface area contributed by atoms with Crippen LogP contribution in [0.5, 0.6) is 0 Å². The molecule has 0 aromatic heterocycles. The summed E-state index contributed by atoms with van der Waals surface area (Å²) >= 11 is 0. The summed E-state index contributed by atoms with van der Waals surface area (Å²) in [6.07, 6.45) is -3.69. The summed E-state index contributed by atoms with van der Waals surface area (Å²) in [6, 6.07) is 7.61. The normalized spacial score (nSPS) is 12.3. The number of hydrogen-bond acceptors (Lipinski definition) is 1. The Morgan fingerprint density at radius 3 is 1.90 bits per heavy atom. The highest BCUT2D eigenvalue weighted by Crippen LogP contribution is 2.29. The molecule has 0 atom stereocenters. The standard InChI is InChI=1S/C15H22F3NOSi/c1-4-21(5-2,6-3)11-19-14(20)12-7-9-13(10-8-12)15(16,17)18/h7-10H,4-6,11H2,1-3H3,(H,19,20). The van der Waals surface area contributed by atoms with Crippen molar-refractivity contribution in [3.8, 4) is 0 Å². The van der Waals surface area contributed by atoms with Gasteiger partial charge in [-0.05, 0) is 24.3 Å². The lowest BCUT2D eigenvalue weighted by molar-refractivity contribution is -0.137. The number of carbonyl (C=O) groups excluding carboxylic acids is 1. The van der Waals surface area contributed by atoms with Gasteiger partial charge in [0.1, 0.15) is 0 Å². The van der Waals surface area contributed by atoms with E-state index in [1.165, 1.54) is 12.1 Å². The maximum Gasteiger partial charge on any atom is 0.416 e. The Morgan fingerprint density at radius 1 is 1.05 bits per heavy atom. The van der Waals surface area contributed by atoms with Gasteiger partial charge in [-0.25, -0.2) is 0 Å². The molecular formula is C15H22F3NOSi. The highest BCUT2D eigenvalue weighted by molar-refractivity contribution is 6.80. The van der Waals surface area contributed by atoms with Gasteiger partial charge in [-0.1, -0.05) is 38.9 Å². The molecule has 1 N–H and O–H groups in total. The van der Waals surface area contributed by atoms with Gasteiger partial charge < -0.3 is 5.32 Å². The van der Waals surface area contributed by atoms with E-state index >= 15 is 0 Å². The molecule has 0 saturated carbocycles. The first-order valence-electron chi connectivity index (χ1n) is 7.23. The first kappa shape index (κ1) is 17.7. The first-order chi connectivity index (χ1) is 9.78. The summed E-state index contributed by atoms with van der Waals surface area (Å²) in [5.74, 6) is -0.295. The molecule has 118 valence electrons. The van der Waals surface area contributed by atoms with Crippen molar-refractivity contribution in [1.29, 1.82) is 0 Å². The van der Waals surface area contributed by atoms with Crippen molar-refractivity contribution >= 4 is 14.0 Å². The topological polar surface area (TPSA) is 29.1 Å². The van der Waals surface area contributed by atoms with Crippen LogP contribution in [-0.4, -0.2) is 20.1 Å². The fourth-order valence-corrected chi connectivity index (χ4v) is 5.09. The number of hydrogen-bond donors (Lipinski definition) is 1. The number of nitrogens with one attached hydrogen (secondary N) is 1. The second-order valence-corrected chi connectivity index (χ2v) is 10.8. The fourth-order valence-electron chi connectivity index (χ4n) is 2.31. The molecule has 0 aliphatic heterocycles. The Hall–Kier alpha value is -1.30. The van der Waals surface area contributed by atoms with Crippen molar-refractivity contribution in [2.45, 2.75) is 45.1 Å². The summed E-state index contributed by atoms with van der Waals surface area (Å²) in [4.78, 5) is 12.0. The van der Waals surface area contributed by atoms with E-state index in [-0.39, 0.29) is 11.5 Å². The van der Waals surface area contributed by atoms with Crippen molar-refractivity contribution in [1.82, 2.24) is 5.32 Å². The zero-order valence-corrected chi connectivity index (χ0v) is 13.7. The lowest BCUT2D eigenvalue weighted by Crippen LogP contribution is -2.45. The average Bonchev–Trinajstić information content (AvgIpc) is 2.48. The largest absolute Gasteiger partial charge is 0.416 e. The molecule has 0 saturated heterocycles. The van der Waals surface area contributed by atoms with Crippen molar-refractivity contribution in [3.05, 3.63) is 35.4 Å². The van der Waals surface area contributed by atoms with Crippen molar-refractivity contribution in [2.75, 3.05) is 6.17 Å². The monoisotopic (exact) mass is 317 g/mol. The van der Waals surface area contributed by atoms with E-state index in [0.29, 0.717) is 6.17 Å². The zero-order valence-electron chi connectivity index (χ0n) is 12.7. The number of halogens is 3. The Balaban J connectivity index is 2.72. The van der Waals surface area contributed by atoms with Crippen LogP contribution >= 0.6 is 0 Å². The molecular weight excluding hydrogens is 295 g/mol. The first-order valence-corrected chi connectivity index (χ1v) is 10.1.